The van der Waals surface area contributed by atoms with E-state index in [0.717, 1.165) is 22.0 Å². The van der Waals surface area contributed by atoms with Crippen LogP contribution >= 0.6 is 0 Å². The molecule has 0 aliphatic rings. The number of H-pyrrole nitrogens is 1. The van der Waals surface area contributed by atoms with Gasteiger partial charge in [-0.25, -0.2) is 4.79 Å². The Bertz CT molecular complexity index is 589. The van der Waals surface area contributed by atoms with E-state index in [9.17, 15) is 9.59 Å². The molecule has 0 spiro atoms. The van der Waals surface area contributed by atoms with Crippen molar-refractivity contribution in [3.8, 4) is 0 Å². The lowest BCUT2D eigenvalue weighted by Gasteiger charge is -2.10. The first-order chi connectivity index (χ1) is 8.63. The van der Waals surface area contributed by atoms with E-state index in [2.05, 4.69) is 10.3 Å². The van der Waals surface area contributed by atoms with Gasteiger partial charge in [-0.1, -0.05) is 18.2 Å². The van der Waals surface area contributed by atoms with Gasteiger partial charge in [-0.15, -0.1) is 0 Å². The summed E-state index contributed by atoms with van der Waals surface area (Å²) >= 11 is 0. The molecular weight excluding hydrogens is 232 g/mol. The number of carboxylic acid groups (broad SMARTS) is 1. The first kappa shape index (κ1) is 12.2. The van der Waals surface area contributed by atoms with E-state index in [1.54, 1.807) is 6.20 Å². The standard InChI is InChI=1S/C13H14N2O3/c1-8-3-2-4-10-9(6-14-12(8)10)5-11(13(17)18)15-7-16/h2-4,6-7,11,14H,5H2,1H3,(H,15,16)(H,17,18)/t11-/m0/s1. The van der Waals surface area contributed by atoms with Gasteiger partial charge in [0.15, 0.2) is 0 Å². The highest BCUT2D eigenvalue weighted by atomic mass is 16.4. The molecule has 5 nitrogen and oxygen atoms in total. The monoisotopic (exact) mass is 246 g/mol. The van der Waals surface area contributed by atoms with Crippen molar-refractivity contribution in [2.45, 2.75) is 19.4 Å². The van der Waals surface area contributed by atoms with Gasteiger partial charge in [-0.05, 0) is 18.1 Å². The molecule has 94 valence electrons. The van der Waals surface area contributed by atoms with E-state index in [-0.39, 0.29) is 6.42 Å². The molecule has 18 heavy (non-hydrogen) atoms. The average molecular weight is 246 g/mol. The van der Waals surface area contributed by atoms with Crippen LogP contribution in [0.3, 0.4) is 0 Å². The molecule has 3 N–H and O–H groups in total. The topological polar surface area (TPSA) is 82.2 Å². The Hall–Kier alpha value is -2.30. The van der Waals surface area contributed by atoms with Gasteiger partial charge < -0.3 is 15.4 Å². The largest absolute Gasteiger partial charge is 0.480 e. The molecule has 2 aromatic rings. The van der Waals surface area contributed by atoms with Crippen LogP contribution in [-0.2, 0) is 16.0 Å². The van der Waals surface area contributed by atoms with Crippen molar-refractivity contribution in [3.05, 3.63) is 35.5 Å². The lowest BCUT2D eigenvalue weighted by Crippen LogP contribution is -2.37. The number of carbonyl (C=O) groups is 2. The van der Waals surface area contributed by atoms with Crippen molar-refractivity contribution in [1.82, 2.24) is 10.3 Å². The molecule has 1 atom stereocenters. The summed E-state index contributed by atoms with van der Waals surface area (Å²) < 4.78 is 0. The highest BCUT2D eigenvalue weighted by Crippen LogP contribution is 2.22. The normalized spacial score (nSPS) is 12.3. The zero-order chi connectivity index (χ0) is 13.1. The van der Waals surface area contributed by atoms with Gasteiger partial charge in [0.25, 0.3) is 0 Å². The van der Waals surface area contributed by atoms with E-state index in [1.807, 2.05) is 25.1 Å². The fraction of sp³-hybridized carbons (Fsp3) is 0.231. The van der Waals surface area contributed by atoms with Gasteiger partial charge in [0.2, 0.25) is 6.41 Å². The number of hydrogen-bond donors (Lipinski definition) is 3. The van der Waals surface area contributed by atoms with Crippen LogP contribution in [0, 0.1) is 6.92 Å². The molecule has 5 heteroatoms. The van der Waals surface area contributed by atoms with Crippen LogP contribution in [0.5, 0.6) is 0 Å². The second kappa shape index (κ2) is 4.91. The Labute approximate surface area is 104 Å². The molecule has 2 rings (SSSR count). The second-order valence-electron chi connectivity index (χ2n) is 4.19. The highest BCUT2D eigenvalue weighted by molar-refractivity contribution is 5.87. The quantitative estimate of drug-likeness (QED) is 0.694. The molecule has 0 fully saturated rings. The maximum Gasteiger partial charge on any atom is 0.326 e. The van der Waals surface area contributed by atoms with Crippen molar-refractivity contribution < 1.29 is 14.7 Å². The minimum Gasteiger partial charge on any atom is -0.480 e. The molecule has 1 amide bonds. The van der Waals surface area contributed by atoms with Crippen molar-refractivity contribution >= 4 is 23.3 Å². The molecule has 0 aliphatic carbocycles. The average Bonchev–Trinajstić information content (AvgIpc) is 2.73. The smallest absolute Gasteiger partial charge is 0.326 e. The molecular formula is C13H14N2O3. The summed E-state index contributed by atoms with van der Waals surface area (Å²) in [6, 6.07) is 4.95. The summed E-state index contributed by atoms with van der Waals surface area (Å²) in [5.74, 6) is -1.04. The minimum absolute atomic E-state index is 0.261. The number of nitrogens with one attached hydrogen (secondary N) is 2. The van der Waals surface area contributed by atoms with Crippen LogP contribution in [-0.4, -0.2) is 28.5 Å². The molecule has 0 saturated carbocycles. The molecule has 0 unspecified atom stereocenters. The molecule has 1 heterocycles. The number of para-hydroxylation sites is 1. The number of aromatic amines is 1. The van der Waals surface area contributed by atoms with Crippen LogP contribution in [0.25, 0.3) is 10.9 Å². The number of aliphatic carboxylic acids is 1. The molecule has 0 bridgehead atoms. The number of carbonyl (C=O) groups excluding carboxylic acids is 1. The minimum atomic E-state index is -1.04. The highest BCUT2D eigenvalue weighted by Gasteiger charge is 2.18. The van der Waals surface area contributed by atoms with Gasteiger partial charge in [-0.2, -0.15) is 0 Å². The van der Waals surface area contributed by atoms with E-state index in [1.165, 1.54) is 0 Å². The number of rotatable bonds is 5. The van der Waals surface area contributed by atoms with Crippen LogP contribution < -0.4 is 5.32 Å². The zero-order valence-corrected chi connectivity index (χ0v) is 9.93. The second-order valence-corrected chi connectivity index (χ2v) is 4.19. The van der Waals surface area contributed by atoms with E-state index >= 15 is 0 Å². The first-order valence-corrected chi connectivity index (χ1v) is 5.61. The summed E-state index contributed by atoms with van der Waals surface area (Å²) in [7, 11) is 0. The number of fused-ring (bicyclic) bond motifs is 1. The number of hydrogen-bond acceptors (Lipinski definition) is 2. The Balaban J connectivity index is 2.34. The first-order valence-electron chi connectivity index (χ1n) is 5.61. The number of aryl methyl sites for hydroxylation is 1. The number of carboxylic acids is 1. The summed E-state index contributed by atoms with van der Waals surface area (Å²) in [6.45, 7) is 1.99. The van der Waals surface area contributed by atoms with Crippen LogP contribution in [0.2, 0.25) is 0 Å². The SMILES string of the molecule is Cc1cccc2c(C[C@H](NC=O)C(=O)O)c[nH]c12. The Morgan fingerprint density at radius 1 is 1.56 bits per heavy atom. The maximum atomic E-state index is 11.0. The van der Waals surface area contributed by atoms with Gasteiger partial charge >= 0.3 is 5.97 Å². The Morgan fingerprint density at radius 3 is 3.00 bits per heavy atom. The predicted octanol–water partition coefficient (Wildman–Crippen LogP) is 1.22. The van der Waals surface area contributed by atoms with Crippen molar-refractivity contribution in [1.29, 1.82) is 0 Å². The fourth-order valence-corrected chi connectivity index (χ4v) is 2.05. The Kier molecular flexibility index (Phi) is 3.32. The van der Waals surface area contributed by atoms with Crippen molar-refractivity contribution in [2.24, 2.45) is 0 Å². The van der Waals surface area contributed by atoms with Gasteiger partial charge in [0, 0.05) is 23.5 Å². The van der Waals surface area contributed by atoms with Crippen LogP contribution in [0.4, 0.5) is 0 Å². The van der Waals surface area contributed by atoms with E-state index < -0.39 is 12.0 Å². The third-order valence-electron chi connectivity index (χ3n) is 3.00. The molecule has 1 aromatic carbocycles. The summed E-state index contributed by atoms with van der Waals surface area (Å²) in [5, 5.41) is 12.3. The van der Waals surface area contributed by atoms with Crippen LogP contribution in [0.15, 0.2) is 24.4 Å². The molecule has 0 aliphatic heterocycles. The Morgan fingerprint density at radius 2 is 2.33 bits per heavy atom. The van der Waals surface area contributed by atoms with Gasteiger partial charge in [-0.3, -0.25) is 4.79 Å². The van der Waals surface area contributed by atoms with Crippen molar-refractivity contribution in [2.75, 3.05) is 0 Å². The lowest BCUT2D eigenvalue weighted by atomic mass is 10.0. The summed E-state index contributed by atoms with van der Waals surface area (Å²) in [5.41, 5.74) is 2.99. The fourth-order valence-electron chi connectivity index (χ4n) is 2.05. The van der Waals surface area contributed by atoms with E-state index in [0.29, 0.717) is 6.41 Å². The third-order valence-corrected chi connectivity index (χ3v) is 3.00. The summed E-state index contributed by atoms with van der Waals surface area (Å²) in [4.78, 5) is 24.5. The molecule has 1 aromatic heterocycles. The third kappa shape index (κ3) is 2.20. The molecule has 0 radical (unpaired) electrons. The maximum absolute atomic E-state index is 11.0. The number of aromatic nitrogens is 1. The van der Waals surface area contributed by atoms with E-state index in [4.69, 9.17) is 5.11 Å². The van der Waals surface area contributed by atoms with Gasteiger partial charge in [0.1, 0.15) is 6.04 Å². The number of benzene rings is 1. The van der Waals surface area contributed by atoms with Crippen molar-refractivity contribution in [3.63, 3.8) is 0 Å². The molecule has 0 saturated heterocycles. The van der Waals surface area contributed by atoms with Crippen LogP contribution in [0.1, 0.15) is 11.1 Å². The zero-order valence-electron chi connectivity index (χ0n) is 9.93. The summed E-state index contributed by atoms with van der Waals surface area (Å²) in [6.07, 6.45) is 2.47. The predicted molar refractivity (Wildman–Crippen MR) is 67.4 cm³/mol. The van der Waals surface area contributed by atoms with Gasteiger partial charge in [0.05, 0.1) is 0 Å². The number of amides is 1. The lowest BCUT2D eigenvalue weighted by molar-refractivity contribution is -0.140.